The minimum Gasteiger partial charge on any atom is -0.481 e. The third-order valence-corrected chi connectivity index (χ3v) is 4.62. The lowest BCUT2D eigenvalue weighted by Crippen LogP contribution is -2.33. The smallest absolute Gasteiger partial charge is 0.307 e. The molecule has 0 aliphatic heterocycles. The van der Waals surface area contributed by atoms with Gasteiger partial charge in [0.25, 0.3) is 0 Å². The molecule has 3 unspecified atom stereocenters. The molecule has 0 saturated heterocycles. The Morgan fingerprint density at radius 2 is 1.95 bits per heavy atom. The van der Waals surface area contributed by atoms with E-state index in [4.69, 9.17) is 0 Å². The minimum absolute atomic E-state index is 0.215. The summed E-state index contributed by atoms with van der Waals surface area (Å²) in [6, 6.07) is 10.0. The van der Waals surface area contributed by atoms with Crippen molar-refractivity contribution in [1.29, 1.82) is 0 Å². The molecule has 1 aromatic carbocycles. The van der Waals surface area contributed by atoms with Gasteiger partial charge in [0.15, 0.2) is 0 Å². The Kier molecular flexibility index (Phi) is 5.00. The third-order valence-electron chi connectivity index (χ3n) is 4.62. The fourth-order valence-electron chi connectivity index (χ4n) is 3.56. The number of carboxylic acid groups (broad SMARTS) is 1. The van der Waals surface area contributed by atoms with E-state index >= 15 is 0 Å². The highest BCUT2D eigenvalue weighted by Gasteiger charge is 2.34. The molecule has 0 bridgehead atoms. The van der Waals surface area contributed by atoms with Gasteiger partial charge in [0.05, 0.1) is 5.92 Å². The zero-order valence-electron chi connectivity index (χ0n) is 11.7. The van der Waals surface area contributed by atoms with E-state index in [0.717, 1.165) is 18.4 Å². The molecular formula is C17H24O2. The van der Waals surface area contributed by atoms with Gasteiger partial charge in [-0.2, -0.15) is 0 Å². The van der Waals surface area contributed by atoms with Crippen LogP contribution in [0.3, 0.4) is 0 Å². The van der Waals surface area contributed by atoms with Gasteiger partial charge in [-0.1, -0.05) is 62.9 Å². The van der Waals surface area contributed by atoms with Crippen molar-refractivity contribution in [3.8, 4) is 0 Å². The van der Waals surface area contributed by atoms with E-state index in [1.165, 1.54) is 19.3 Å². The van der Waals surface area contributed by atoms with Crippen molar-refractivity contribution in [3.05, 3.63) is 35.9 Å². The Labute approximate surface area is 115 Å². The van der Waals surface area contributed by atoms with Crippen molar-refractivity contribution in [2.45, 2.75) is 45.4 Å². The quantitative estimate of drug-likeness (QED) is 0.863. The van der Waals surface area contributed by atoms with Crippen molar-refractivity contribution in [2.75, 3.05) is 0 Å². The van der Waals surface area contributed by atoms with Crippen LogP contribution in [-0.4, -0.2) is 11.1 Å². The molecule has 0 amide bonds. The van der Waals surface area contributed by atoms with Crippen LogP contribution in [0.4, 0.5) is 0 Å². The maximum atomic E-state index is 11.7. The summed E-state index contributed by atoms with van der Waals surface area (Å²) in [7, 11) is 0. The highest BCUT2D eigenvalue weighted by Crippen LogP contribution is 2.38. The second kappa shape index (κ2) is 6.74. The number of rotatable bonds is 5. The zero-order valence-corrected chi connectivity index (χ0v) is 11.7. The van der Waals surface area contributed by atoms with Crippen LogP contribution in [0, 0.1) is 17.8 Å². The van der Waals surface area contributed by atoms with Crippen LogP contribution in [0.15, 0.2) is 30.3 Å². The SMILES string of the molecule is CCC1CCCCC1C(Cc1ccccc1)C(=O)O. The summed E-state index contributed by atoms with van der Waals surface area (Å²) >= 11 is 0. The summed E-state index contributed by atoms with van der Waals surface area (Å²) in [6.45, 7) is 2.20. The minimum atomic E-state index is -0.616. The summed E-state index contributed by atoms with van der Waals surface area (Å²) in [4.78, 5) is 11.7. The van der Waals surface area contributed by atoms with Gasteiger partial charge in [-0.05, 0) is 30.2 Å². The van der Waals surface area contributed by atoms with Crippen molar-refractivity contribution in [1.82, 2.24) is 0 Å². The zero-order chi connectivity index (χ0) is 13.7. The highest BCUT2D eigenvalue weighted by atomic mass is 16.4. The molecule has 1 fully saturated rings. The normalized spacial score (nSPS) is 24.9. The van der Waals surface area contributed by atoms with E-state index in [-0.39, 0.29) is 5.92 Å². The second-order valence-electron chi connectivity index (χ2n) is 5.75. The second-order valence-corrected chi connectivity index (χ2v) is 5.75. The number of hydrogen-bond acceptors (Lipinski definition) is 1. The Morgan fingerprint density at radius 3 is 2.58 bits per heavy atom. The molecular weight excluding hydrogens is 236 g/mol. The molecule has 2 rings (SSSR count). The molecule has 3 atom stereocenters. The third kappa shape index (κ3) is 3.59. The molecule has 1 saturated carbocycles. The number of carbonyl (C=O) groups is 1. The van der Waals surface area contributed by atoms with Gasteiger partial charge in [-0.25, -0.2) is 0 Å². The molecule has 0 radical (unpaired) electrons. The monoisotopic (exact) mass is 260 g/mol. The van der Waals surface area contributed by atoms with E-state index in [1.807, 2.05) is 30.3 Å². The topological polar surface area (TPSA) is 37.3 Å². The van der Waals surface area contributed by atoms with Gasteiger partial charge in [0.1, 0.15) is 0 Å². The van der Waals surface area contributed by atoms with Crippen LogP contribution in [0.2, 0.25) is 0 Å². The fraction of sp³-hybridized carbons (Fsp3) is 0.588. The van der Waals surface area contributed by atoms with Crippen LogP contribution in [-0.2, 0) is 11.2 Å². The molecule has 1 aromatic rings. The summed E-state index contributed by atoms with van der Waals surface area (Å²) in [5.41, 5.74) is 1.15. The molecule has 1 aliphatic rings. The Bertz CT molecular complexity index is 399. The average Bonchev–Trinajstić information content (AvgIpc) is 2.45. The first kappa shape index (κ1) is 14.1. The molecule has 0 aromatic heterocycles. The highest BCUT2D eigenvalue weighted by molar-refractivity contribution is 5.71. The van der Waals surface area contributed by atoms with Gasteiger partial charge < -0.3 is 5.11 Å². The first-order valence-electron chi connectivity index (χ1n) is 7.49. The first-order chi connectivity index (χ1) is 9.22. The summed E-state index contributed by atoms with van der Waals surface area (Å²) in [5.74, 6) is 0.122. The molecule has 19 heavy (non-hydrogen) atoms. The van der Waals surface area contributed by atoms with Crippen LogP contribution in [0.1, 0.15) is 44.6 Å². The van der Waals surface area contributed by atoms with Crippen LogP contribution < -0.4 is 0 Å². The van der Waals surface area contributed by atoms with Gasteiger partial charge >= 0.3 is 5.97 Å². The van der Waals surface area contributed by atoms with Crippen molar-refractivity contribution < 1.29 is 9.90 Å². The fourth-order valence-corrected chi connectivity index (χ4v) is 3.56. The lowest BCUT2D eigenvalue weighted by Gasteiger charge is -2.35. The first-order valence-corrected chi connectivity index (χ1v) is 7.49. The van der Waals surface area contributed by atoms with Gasteiger partial charge in [0.2, 0.25) is 0 Å². The lowest BCUT2D eigenvalue weighted by molar-refractivity contribution is -0.145. The van der Waals surface area contributed by atoms with E-state index in [1.54, 1.807) is 0 Å². The molecule has 0 spiro atoms. The van der Waals surface area contributed by atoms with E-state index in [2.05, 4.69) is 6.92 Å². The Hall–Kier alpha value is -1.31. The van der Waals surface area contributed by atoms with E-state index in [9.17, 15) is 9.90 Å². The standard InChI is InChI=1S/C17H24O2/c1-2-14-10-6-7-11-15(14)16(17(18)19)12-13-8-4-3-5-9-13/h3-5,8-9,14-16H,2,6-7,10-12H2,1H3,(H,18,19). The predicted molar refractivity (Wildman–Crippen MR) is 77.0 cm³/mol. The molecule has 104 valence electrons. The Balaban J connectivity index is 2.12. The lowest BCUT2D eigenvalue weighted by atomic mass is 9.70. The van der Waals surface area contributed by atoms with Gasteiger partial charge in [0, 0.05) is 0 Å². The summed E-state index contributed by atoms with van der Waals surface area (Å²) in [5, 5.41) is 9.60. The maximum Gasteiger partial charge on any atom is 0.307 e. The summed E-state index contributed by atoms with van der Waals surface area (Å²) < 4.78 is 0. The van der Waals surface area contributed by atoms with Crippen molar-refractivity contribution >= 4 is 5.97 Å². The molecule has 0 heterocycles. The number of benzene rings is 1. The van der Waals surface area contributed by atoms with Gasteiger partial charge in [-0.15, -0.1) is 0 Å². The average molecular weight is 260 g/mol. The predicted octanol–water partition coefficient (Wildman–Crippen LogP) is 4.15. The maximum absolute atomic E-state index is 11.7. The molecule has 1 aliphatic carbocycles. The molecule has 2 heteroatoms. The number of carboxylic acids is 1. The Morgan fingerprint density at radius 1 is 1.26 bits per heavy atom. The number of aliphatic carboxylic acids is 1. The van der Waals surface area contributed by atoms with E-state index < -0.39 is 5.97 Å². The van der Waals surface area contributed by atoms with Crippen LogP contribution in [0.5, 0.6) is 0 Å². The van der Waals surface area contributed by atoms with Crippen molar-refractivity contribution in [3.63, 3.8) is 0 Å². The van der Waals surface area contributed by atoms with Gasteiger partial charge in [-0.3, -0.25) is 4.79 Å². The van der Waals surface area contributed by atoms with Crippen molar-refractivity contribution in [2.24, 2.45) is 17.8 Å². The number of hydrogen-bond donors (Lipinski definition) is 1. The molecule has 1 N–H and O–H groups in total. The van der Waals surface area contributed by atoms with Crippen LogP contribution in [0.25, 0.3) is 0 Å². The molecule has 2 nitrogen and oxygen atoms in total. The van der Waals surface area contributed by atoms with Crippen LogP contribution >= 0.6 is 0 Å². The largest absolute Gasteiger partial charge is 0.481 e. The van der Waals surface area contributed by atoms with E-state index in [0.29, 0.717) is 18.3 Å². The summed E-state index contributed by atoms with van der Waals surface area (Å²) in [6.07, 6.45) is 6.55.